The predicted octanol–water partition coefficient (Wildman–Crippen LogP) is 12.8. The molecule has 44 heavy (non-hydrogen) atoms. The van der Waals surface area contributed by atoms with Crippen LogP contribution in [-0.4, -0.2) is 17.4 Å². The Labute approximate surface area is 276 Å². The Morgan fingerprint density at radius 1 is 0.500 bits per heavy atom. The van der Waals surface area contributed by atoms with E-state index in [1.165, 1.54) is 77.0 Å². The largest absolute Gasteiger partial charge is 0.511 e. The molecule has 6 atom stereocenters. The van der Waals surface area contributed by atoms with E-state index in [-0.39, 0.29) is 0 Å². The fourth-order valence-electron chi connectivity index (χ4n) is 6.23. The van der Waals surface area contributed by atoms with Crippen LogP contribution in [0.2, 0.25) is 0 Å². The van der Waals surface area contributed by atoms with Crippen molar-refractivity contribution in [3.63, 3.8) is 0 Å². The first kappa shape index (κ1) is 42.4. The van der Waals surface area contributed by atoms with Gasteiger partial charge in [-0.25, -0.2) is 4.79 Å². The molecule has 0 aromatic rings. The second-order valence-corrected chi connectivity index (χ2v) is 15.9. The topological polar surface area (TPSA) is 35.5 Å². The molecule has 0 rings (SSSR count). The maximum atomic E-state index is 12.8. The Balaban J connectivity index is 4.38. The van der Waals surface area contributed by atoms with Crippen LogP contribution in [0, 0.1) is 60.2 Å². The van der Waals surface area contributed by atoms with Crippen molar-refractivity contribution in [3.8, 4) is 24.7 Å². The number of carbonyl (C=O) groups excluding carboxylic acids is 1. The number of terminal acetylenes is 2. The molecule has 0 unspecified atom stereocenters. The van der Waals surface area contributed by atoms with Gasteiger partial charge in [-0.15, -0.1) is 12.8 Å². The average Bonchev–Trinajstić information content (AvgIpc) is 2.92. The second kappa shape index (κ2) is 23.7. The molecule has 256 valence electrons. The first-order valence-electron chi connectivity index (χ1n) is 18.5. The van der Waals surface area contributed by atoms with E-state index in [2.05, 4.69) is 67.2 Å². The summed E-state index contributed by atoms with van der Waals surface area (Å²) in [7, 11) is 0. The van der Waals surface area contributed by atoms with Crippen molar-refractivity contribution in [1.82, 2.24) is 0 Å². The highest BCUT2D eigenvalue weighted by atomic mass is 16.7. The molecule has 0 N–H and O–H groups in total. The third-order valence-electron chi connectivity index (χ3n) is 9.67. The van der Waals surface area contributed by atoms with Gasteiger partial charge in [0, 0.05) is 0 Å². The van der Waals surface area contributed by atoms with Crippen LogP contribution in [0.15, 0.2) is 0 Å². The quantitative estimate of drug-likeness (QED) is 0.0718. The highest BCUT2D eigenvalue weighted by molar-refractivity contribution is 5.62. The molecular weight excluding hydrogens is 540 g/mol. The molecule has 0 saturated carbocycles. The Kier molecular flexibility index (Phi) is 22.8. The monoisotopic (exact) mass is 615 g/mol. The van der Waals surface area contributed by atoms with Gasteiger partial charge in [0.05, 0.1) is 0 Å². The van der Waals surface area contributed by atoms with E-state index in [0.29, 0.717) is 24.7 Å². The smallest absolute Gasteiger partial charge is 0.415 e. The normalized spacial score (nSPS) is 17.1. The summed E-state index contributed by atoms with van der Waals surface area (Å²) in [5, 5.41) is 0. The number of hydrogen-bond donors (Lipinski definition) is 0. The van der Waals surface area contributed by atoms with E-state index in [1.807, 2.05) is 0 Å². The van der Waals surface area contributed by atoms with E-state index in [0.717, 1.165) is 49.4 Å². The zero-order chi connectivity index (χ0) is 33.6. The van der Waals surface area contributed by atoms with Crippen molar-refractivity contribution >= 4 is 6.16 Å². The molecule has 0 aliphatic carbocycles. The number of rotatable bonds is 26. The minimum Gasteiger partial charge on any atom is -0.415 e. The number of ether oxygens (including phenoxy) is 2. The lowest BCUT2D eigenvalue weighted by atomic mass is 9.90. The Bertz CT molecular complexity index is 751. The van der Waals surface area contributed by atoms with Gasteiger partial charge in [-0.1, -0.05) is 157 Å². The molecule has 0 saturated heterocycles. The molecule has 0 aromatic carbocycles. The maximum absolute atomic E-state index is 12.8. The summed E-state index contributed by atoms with van der Waals surface area (Å²) in [5.41, 5.74) is -1.98. The van der Waals surface area contributed by atoms with Crippen LogP contribution < -0.4 is 0 Å². The van der Waals surface area contributed by atoms with Crippen LogP contribution in [0.5, 0.6) is 0 Å². The summed E-state index contributed by atoms with van der Waals surface area (Å²) in [4.78, 5) is 12.8. The molecule has 0 amide bonds. The van der Waals surface area contributed by atoms with Crippen LogP contribution in [0.3, 0.4) is 0 Å². The first-order valence-corrected chi connectivity index (χ1v) is 18.5. The lowest BCUT2D eigenvalue weighted by Gasteiger charge is -2.28. The Hall–Kier alpha value is -1.61. The van der Waals surface area contributed by atoms with Crippen molar-refractivity contribution in [1.29, 1.82) is 0 Å². The minimum absolute atomic E-state index is 0.620. The number of hydrogen-bond acceptors (Lipinski definition) is 3. The van der Waals surface area contributed by atoms with Gasteiger partial charge in [0.25, 0.3) is 0 Å². The Morgan fingerprint density at radius 2 is 0.750 bits per heavy atom. The molecule has 0 aromatic heterocycles. The molecule has 0 heterocycles. The molecule has 3 nitrogen and oxygen atoms in total. The Morgan fingerprint density at radius 3 is 1.00 bits per heavy atom. The highest BCUT2D eigenvalue weighted by Crippen LogP contribution is 2.28. The van der Waals surface area contributed by atoms with Crippen molar-refractivity contribution in [2.45, 2.75) is 196 Å². The fraction of sp³-hybridized carbons (Fsp3) is 0.878. The summed E-state index contributed by atoms with van der Waals surface area (Å²) in [6.07, 6.45) is 31.8. The van der Waals surface area contributed by atoms with Crippen LogP contribution in [0.25, 0.3) is 0 Å². The van der Waals surface area contributed by atoms with Crippen LogP contribution in [0.1, 0.15) is 185 Å². The van der Waals surface area contributed by atoms with E-state index >= 15 is 0 Å². The van der Waals surface area contributed by atoms with Gasteiger partial charge in [0.15, 0.2) is 11.2 Å². The van der Waals surface area contributed by atoms with Gasteiger partial charge in [-0.3, -0.25) is 0 Å². The van der Waals surface area contributed by atoms with Crippen LogP contribution in [-0.2, 0) is 9.47 Å². The second-order valence-electron chi connectivity index (χ2n) is 15.9. The van der Waals surface area contributed by atoms with Crippen molar-refractivity contribution in [3.05, 3.63) is 0 Å². The van der Waals surface area contributed by atoms with Gasteiger partial charge in [0.1, 0.15) is 0 Å². The molecule has 0 fully saturated rings. The molecule has 0 aliphatic rings. The standard InChI is InChI=1S/C41H74O3/c1-13-40(11,31-19-29-37(9)27-17-25-35(7)23-15-21-33(3)4)43-39(42)44-41(12,14-2)32-20-30-38(10)28-18-26-36(8)24-16-22-34(5)6/h1-2,33-38H,15-32H2,3-12H3/t35-,36-,37-,38-,40+,41+/m1/s1. The third kappa shape index (κ3) is 22.8. The van der Waals surface area contributed by atoms with Crippen LogP contribution in [0.4, 0.5) is 4.79 Å². The lowest BCUT2D eigenvalue weighted by molar-refractivity contribution is -0.0399. The van der Waals surface area contributed by atoms with E-state index < -0.39 is 17.4 Å². The molecule has 0 aliphatic heterocycles. The molecular formula is C41H74O3. The van der Waals surface area contributed by atoms with Gasteiger partial charge in [0.2, 0.25) is 0 Å². The van der Waals surface area contributed by atoms with Gasteiger partial charge < -0.3 is 9.47 Å². The zero-order valence-electron chi connectivity index (χ0n) is 31.1. The first-order chi connectivity index (χ1) is 20.6. The third-order valence-corrected chi connectivity index (χ3v) is 9.67. The summed E-state index contributed by atoms with van der Waals surface area (Å²) in [5.74, 6) is 9.90. The van der Waals surface area contributed by atoms with Gasteiger partial charge in [-0.2, -0.15) is 0 Å². The molecule has 0 spiro atoms. The SMILES string of the molecule is C#C[C@@](C)(CCC[C@H](C)CCC[C@H](C)CCCC(C)C)OC(=O)O[C@@](C)(C#C)CCC[C@H](C)CCC[C@H](C)CCCC(C)C. The average molecular weight is 615 g/mol. The van der Waals surface area contributed by atoms with Crippen molar-refractivity contribution in [2.75, 3.05) is 0 Å². The summed E-state index contributed by atoms with van der Waals surface area (Å²) in [6, 6.07) is 0. The van der Waals surface area contributed by atoms with E-state index in [1.54, 1.807) is 13.8 Å². The summed E-state index contributed by atoms with van der Waals surface area (Å²) < 4.78 is 11.4. The number of carbonyl (C=O) groups is 1. The lowest BCUT2D eigenvalue weighted by Crippen LogP contribution is -2.36. The summed E-state index contributed by atoms with van der Waals surface area (Å²) in [6.45, 7) is 22.3. The summed E-state index contributed by atoms with van der Waals surface area (Å²) >= 11 is 0. The van der Waals surface area contributed by atoms with E-state index in [4.69, 9.17) is 22.3 Å². The maximum Gasteiger partial charge on any atom is 0.511 e. The zero-order valence-corrected chi connectivity index (χ0v) is 31.1. The van der Waals surface area contributed by atoms with Gasteiger partial charge in [-0.05, 0) is 75.0 Å². The van der Waals surface area contributed by atoms with Gasteiger partial charge >= 0.3 is 6.16 Å². The van der Waals surface area contributed by atoms with Crippen LogP contribution >= 0.6 is 0 Å². The highest BCUT2D eigenvalue weighted by Gasteiger charge is 2.32. The van der Waals surface area contributed by atoms with Crippen molar-refractivity contribution in [2.24, 2.45) is 35.5 Å². The molecule has 0 radical (unpaired) electrons. The fourth-order valence-corrected chi connectivity index (χ4v) is 6.23. The minimum atomic E-state index is -0.988. The molecule has 0 bridgehead atoms. The van der Waals surface area contributed by atoms with E-state index in [9.17, 15) is 4.79 Å². The molecule has 3 heteroatoms. The predicted molar refractivity (Wildman–Crippen MR) is 191 cm³/mol. The van der Waals surface area contributed by atoms with Crippen molar-refractivity contribution < 1.29 is 14.3 Å².